The van der Waals surface area contributed by atoms with Gasteiger partial charge in [0, 0.05) is 12.0 Å². The van der Waals surface area contributed by atoms with Crippen LogP contribution in [0.5, 0.6) is 0 Å². The summed E-state index contributed by atoms with van der Waals surface area (Å²) < 4.78 is 57.2. The predicted molar refractivity (Wildman–Crippen MR) is 98.5 cm³/mol. The first-order valence-corrected chi connectivity index (χ1v) is 8.84. The lowest BCUT2D eigenvalue weighted by Crippen LogP contribution is -2.28. The second-order valence-corrected chi connectivity index (χ2v) is 6.57. The Labute approximate surface area is 172 Å². The number of para-hydroxylation sites is 1. The molecule has 0 fully saturated rings. The Morgan fingerprint density at radius 2 is 1.97 bits per heavy atom. The number of carbonyl (C=O) groups excluding carboxylic acids is 2. The largest absolute Gasteiger partial charge is 0.453 e. The highest BCUT2D eigenvalue weighted by atomic mass is 35.5. The van der Waals surface area contributed by atoms with Gasteiger partial charge in [-0.25, -0.2) is 9.18 Å². The molecule has 6 nitrogen and oxygen atoms in total. The summed E-state index contributed by atoms with van der Waals surface area (Å²) in [5.74, 6) is -2.46. The minimum Gasteiger partial charge on any atom is -0.453 e. The van der Waals surface area contributed by atoms with Gasteiger partial charge in [-0.3, -0.25) is 4.79 Å². The van der Waals surface area contributed by atoms with Gasteiger partial charge in [0.15, 0.2) is 6.61 Å². The van der Waals surface area contributed by atoms with Gasteiger partial charge in [-0.05, 0) is 24.3 Å². The van der Waals surface area contributed by atoms with Gasteiger partial charge < -0.3 is 14.9 Å². The molecule has 2 aromatic carbocycles. The molecular formula is C19H13ClF4N2O4. The number of nitrogens with zero attached hydrogens (tertiary/aromatic N) is 1. The summed E-state index contributed by atoms with van der Waals surface area (Å²) in [6.45, 7) is -0.865. The van der Waals surface area contributed by atoms with Crippen molar-refractivity contribution in [3.63, 3.8) is 0 Å². The summed E-state index contributed by atoms with van der Waals surface area (Å²) in [6.07, 6.45) is -5.93. The quantitative estimate of drug-likeness (QED) is 0.554. The maximum absolute atomic E-state index is 13.3. The molecule has 1 unspecified atom stereocenters. The van der Waals surface area contributed by atoms with E-state index >= 15 is 0 Å². The minimum absolute atomic E-state index is 0.0212. The summed E-state index contributed by atoms with van der Waals surface area (Å²) in [6, 6.07) is 8.52. The average molecular weight is 445 g/mol. The molecule has 30 heavy (non-hydrogen) atoms. The first-order valence-electron chi connectivity index (χ1n) is 8.46. The number of rotatable bonds is 5. The van der Waals surface area contributed by atoms with E-state index in [9.17, 15) is 27.2 Å². The first kappa shape index (κ1) is 21.6. The highest BCUT2D eigenvalue weighted by Gasteiger charge is 2.35. The monoisotopic (exact) mass is 444 g/mol. The van der Waals surface area contributed by atoms with Gasteiger partial charge in [0.1, 0.15) is 5.82 Å². The van der Waals surface area contributed by atoms with E-state index in [1.54, 1.807) is 6.07 Å². The summed E-state index contributed by atoms with van der Waals surface area (Å²) in [4.78, 5) is 29.0. The Balaban J connectivity index is 1.56. The van der Waals surface area contributed by atoms with Gasteiger partial charge in [-0.1, -0.05) is 35.0 Å². The summed E-state index contributed by atoms with van der Waals surface area (Å²) >= 11 is 5.75. The highest BCUT2D eigenvalue weighted by molar-refractivity contribution is 6.34. The van der Waals surface area contributed by atoms with E-state index in [-0.39, 0.29) is 11.4 Å². The topological polar surface area (TPSA) is 77.0 Å². The molecule has 158 valence electrons. The van der Waals surface area contributed by atoms with Crippen LogP contribution in [-0.2, 0) is 25.3 Å². The fourth-order valence-corrected chi connectivity index (χ4v) is 2.86. The lowest BCUT2D eigenvalue weighted by Gasteiger charge is -2.15. The third-order valence-corrected chi connectivity index (χ3v) is 4.33. The smallest absolute Gasteiger partial charge is 0.418 e. The van der Waals surface area contributed by atoms with Crippen LogP contribution in [-0.4, -0.2) is 30.3 Å². The van der Waals surface area contributed by atoms with Crippen LogP contribution < -0.4 is 5.32 Å². The molecule has 11 heteroatoms. The van der Waals surface area contributed by atoms with E-state index < -0.39 is 47.8 Å². The third-order valence-electron chi connectivity index (χ3n) is 4.02. The number of esters is 1. The summed E-state index contributed by atoms with van der Waals surface area (Å²) in [5.41, 5.74) is -1.04. The number of hydrogen-bond donors (Lipinski definition) is 1. The lowest BCUT2D eigenvalue weighted by molar-refractivity contribution is -0.157. The maximum atomic E-state index is 13.3. The number of ether oxygens (including phenoxy) is 1. The number of oxime groups is 1. The number of nitrogens with one attached hydrogen (secondary N) is 1. The fraction of sp³-hybridized carbons (Fsp3) is 0.211. The molecule has 0 saturated carbocycles. The molecule has 2 aromatic rings. The number of benzene rings is 2. The van der Waals surface area contributed by atoms with Crippen LogP contribution in [0.4, 0.5) is 23.2 Å². The van der Waals surface area contributed by atoms with Crippen LogP contribution in [0.1, 0.15) is 17.5 Å². The van der Waals surface area contributed by atoms with Gasteiger partial charge in [0.05, 0.1) is 22.0 Å². The van der Waals surface area contributed by atoms with Crippen LogP contribution in [0, 0.1) is 5.82 Å². The van der Waals surface area contributed by atoms with Crippen molar-refractivity contribution < 1.29 is 36.7 Å². The Hall–Kier alpha value is -3.14. The molecule has 0 radical (unpaired) electrons. The van der Waals surface area contributed by atoms with Gasteiger partial charge in [0.2, 0.25) is 6.10 Å². The molecule has 0 aliphatic carbocycles. The standard InChI is InChI=1S/C19H13ClF4N2O4/c20-13-6-2-5-12(19(22,23)24)17(13)25-16(27)9-29-18(28)15-8-14(26-30-15)10-3-1-4-11(21)7-10/h1-7,15H,8-9H2,(H,25,27). The molecule has 1 atom stereocenters. The second-order valence-electron chi connectivity index (χ2n) is 6.16. The van der Waals surface area contributed by atoms with E-state index in [1.807, 2.05) is 5.32 Å². The number of carbonyl (C=O) groups is 2. The summed E-state index contributed by atoms with van der Waals surface area (Å²) in [7, 11) is 0. The number of hydrogen-bond acceptors (Lipinski definition) is 5. The zero-order valence-electron chi connectivity index (χ0n) is 15.0. The average Bonchev–Trinajstić information content (AvgIpc) is 3.17. The SMILES string of the molecule is O=C(COC(=O)C1CC(c2cccc(F)c2)=NO1)Nc1c(Cl)cccc1C(F)(F)F. The Bertz CT molecular complexity index is 1010. The van der Waals surface area contributed by atoms with Crippen molar-refractivity contribution in [3.05, 3.63) is 64.4 Å². The minimum atomic E-state index is -4.74. The number of anilines is 1. The van der Waals surface area contributed by atoms with Crippen molar-refractivity contribution in [2.75, 3.05) is 11.9 Å². The molecule has 0 spiro atoms. The number of amides is 1. The predicted octanol–water partition coefficient (Wildman–Crippen LogP) is 4.17. The van der Waals surface area contributed by atoms with Crippen molar-refractivity contribution in [2.24, 2.45) is 5.16 Å². The second kappa shape index (κ2) is 8.70. The molecular weight excluding hydrogens is 432 g/mol. The molecule has 1 N–H and O–H groups in total. The van der Waals surface area contributed by atoms with Gasteiger partial charge in [-0.15, -0.1) is 0 Å². The van der Waals surface area contributed by atoms with Crippen LogP contribution in [0.25, 0.3) is 0 Å². The zero-order valence-corrected chi connectivity index (χ0v) is 15.8. The maximum Gasteiger partial charge on any atom is 0.418 e. The summed E-state index contributed by atoms with van der Waals surface area (Å²) in [5, 5.41) is 5.37. The Morgan fingerprint density at radius 1 is 1.23 bits per heavy atom. The van der Waals surface area contributed by atoms with Crippen molar-refractivity contribution in [2.45, 2.75) is 18.7 Å². The molecule has 0 bridgehead atoms. The third kappa shape index (κ3) is 5.07. The number of halogens is 5. The fourth-order valence-electron chi connectivity index (χ4n) is 2.63. The van der Waals surface area contributed by atoms with Crippen LogP contribution in [0.2, 0.25) is 5.02 Å². The van der Waals surface area contributed by atoms with Gasteiger partial charge in [0.25, 0.3) is 5.91 Å². The normalized spacial score (nSPS) is 15.9. The lowest BCUT2D eigenvalue weighted by atomic mass is 10.1. The highest BCUT2D eigenvalue weighted by Crippen LogP contribution is 2.38. The van der Waals surface area contributed by atoms with Crippen molar-refractivity contribution in [1.29, 1.82) is 0 Å². The van der Waals surface area contributed by atoms with E-state index in [0.29, 0.717) is 11.3 Å². The van der Waals surface area contributed by atoms with Crippen LogP contribution in [0.15, 0.2) is 47.6 Å². The molecule has 0 saturated heterocycles. The molecule has 1 aliphatic heterocycles. The number of alkyl halides is 3. The van der Waals surface area contributed by atoms with E-state index in [1.165, 1.54) is 24.3 Å². The van der Waals surface area contributed by atoms with Gasteiger partial charge in [-0.2, -0.15) is 13.2 Å². The van der Waals surface area contributed by atoms with Crippen molar-refractivity contribution >= 4 is 34.9 Å². The molecule has 0 aromatic heterocycles. The zero-order chi connectivity index (χ0) is 21.9. The van der Waals surface area contributed by atoms with Crippen LogP contribution >= 0.6 is 11.6 Å². The molecule has 1 heterocycles. The first-order chi connectivity index (χ1) is 14.1. The molecule has 1 amide bonds. The Morgan fingerprint density at radius 3 is 2.67 bits per heavy atom. The molecule has 3 rings (SSSR count). The van der Waals surface area contributed by atoms with E-state index in [2.05, 4.69) is 5.16 Å². The van der Waals surface area contributed by atoms with Crippen molar-refractivity contribution in [1.82, 2.24) is 0 Å². The van der Waals surface area contributed by atoms with Gasteiger partial charge >= 0.3 is 12.1 Å². The Kier molecular flexibility index (Phi) is 6.25. The van der Waals surface area contributed by atoms with Crippen LogP contribution in [0.3, 0.4) is 0 Å². The van der Waals surface area contributed by atoms with Crippen molar-refractivity contribution in [3.8, 4) is 0 Å². The molecule has 1 aliphatic rings. The van der Waals surface area contributed by atoms with E-state index in [0.717, 1.165) is 12.1 Å². The van der Waals surface area contributed by atoms with E-state index in [4.69, 9.17) is 21.2 Å².